The first-order valence-corrected chi connectivity index (χ1v) is 10.2. The lowest BCUT2D eigenvalue weighted by atomic mass is 10.2. The fourth-order valence-electron chi connectivity index (χ4n) is 2.59. The number of ether oxygens (including phenoxy) is 1. The summed E-state index contributed by atoms with van der Waals surface area (Å²) >= 11 is 1.44. The zero-order valence-electron chi connectivity index (χ0n) is 14.8. The van der Waals surface area contributed by atoms with Gasteiger partial charge >= 0.3 is 5.97 Å². The number of hydrogen-bond donors (Lipinski definition) is 1. The number of rotatable bonds is 5. The molecule has 0 radical (unpaired) electrons. The fourth-order valence-corrected chi connectivity index (χ4v) is 4.98. The van der Waals surface area contributed by atoms with E-state index in [9.17, 15) is 13.2 Å². The molecule has 3 rings (SSSR count). The Labute approximate surface area is 155 Å². The molecular weight excluding hydrogens is 374 g/mol. The minimum Gasteiger partial charge on any atom is -0.465 e. The molecule has 26 heavy (non-hydrogen) atoms. The Balaban J connectivity index is 2.01. The standard InChI is InChI=1S/C17H19N3O4S2/c1-10(2)14-15(20-9-11(3)25-17(20)18-14)26(22,23)19-13-7-5-12(6-8-13)16(21)24-4/h5-10,19H,1-4H3. The van der Waals surface area contributed by atoms with Crippen LogP contribution < -0.4 is 4.72 Å². The maximum atomic E-state index is 13.0. The molecule has 1 N–H and O–H groups in total. The molecule has 0 amide bonds. The third-order valence-electron chi connectivity index (χ3n) is 3.78. The van der Waals surface area contributed by atoms with Crippen LogP contribution in [-0.4, -0.2) is 30.9 Å². The summed E-state index contributed by atoms with van der Waals surface area (Å²) in [4.78, 5) is 17.6. The SMILES string of the molecule is COC(=O)c1ccc(NS(=O)(=O)c2c(C(C)C)nc3sc(C)cn23)cc1. The van der Waals surface area contributed by atoms with Gasteiger partial charge in [-0.15, -0.1) is 11.3 Å². The highest BCUT2D eigenvalue weighted by molar-refractivity contribution is 7.92. The number of benzene rings is 1. The Hall–Kier alpha value is -2.39. The quantitative estimate of drug-likeness (QED) is 0.671. The molecule has 2 heterocycles. The van der Waals surface area contributed by atoms with Crippen molar-refractivity contribution in [1.29, 1.82) is 0 Å². The summed E-state index contributed by atoms with van der Waals surface area (Å²) in [7, 11) is -2.56. The Kier molecular flexibility index (Phi) is 4.76. The number of aromatic nitrogens is 2. The van der Waals surface area contributed by atoms with Gasteiger partial charge in [0.2, 0.25) is 0 Å². The van der Waals surface area contributed by atoms with E-state index in [2.05, 4.69) is 14.4 Å². The highest BCUT2D eigenvalue weighted by Gasteiger charge is 2.28. The molecule has 7 nitrogen and oxygen atoms in total. The predicted molar refractivity (Wildman–Crippen MR) is 100 cm³/mol. The molecular formula is C17H19N3O4S2. The molecule has 1 aromatic carbocycles. The van der Waals surface area contributed by atoms with Gasteiger partial charge in [0, 0.05) is 16.8 Å². The van der Waals surface area contributed by atoms with Crippen molar-refractivity contribution in [2.45, 2.75) is 31.7 Å². The molecule has 0 atom stereocenters. The number of anilines is 1. The summed E-state index contributed by atoms with van der Waals surface area (Å²) in [5.74, 6) is -0.525. The number of methoxy groups -OCH3 is 1. The number of carbonyl (C=O) groups excluding carboxylic acids is 1. The second-order valence-electron chi connectivity index (χ2n) is 6.13. The number of nitrogens with one attached hydrogen (secondary N) is 1. The molecule has 0 aliphatic rings. The topological polar surface area (TPSA) is 89.8 Å². The normalized spacial score (nSPS) is 11.9. The van der Waals surface area contributed by atoms with Crippen molar-refractivity contribution in [3.8, 4) is 0 Å². The van der Waals surface area contributed by atoms with E-state index in [4.69, 9.17) is 0 Å². The van der Waals surface area contributed by atoms with Crippen molar-refractivity contribution in [3.63, 3.8) is 0 Å². The Morgan fingerprint density at radius 1 is 1.27 bits per heavy atom. The lowest BCUT2D eigenvalue weighted by Gasteiger charge is -2.11. The van der Waals surface area contributed by atoms with Crippen LogP contribution in [0.1, 0.15) is 40.7 Å². The highest BCUT2D eigenvalue weighted by atomic mass is 32.2. The Morgan fingerprint density at radius 2 is 1.92 bits per heavy atom. The number of fused-ring (bicyclic) bond motifs is 1. The van der Waals surface area contributed by atoms with Crippen LogP contribution in [0, 0.1) is 6.92 Å². The third-order valence-corrected chi connectivity index (χ3v) is 6.10. The van der Waals surface area contributed by atoms with Gasteiger partial charge in [-0.2, -0.15) is 8.42 Å². The first kappa shape index (κ1) is 18.4. The molecule has 9 heteroatoms. The van der Waals surface area contributed by atoms with Crippen LogP contribution >= 0.6 is 11.3 Å². The van der Waals surface area contributed by atoms with Gasteiger partial charge in [0.1, 0.15) is 0 Å². The highest BCUT2D eigenvalue weighted by Crippen LogP contribution is 2.30. The van der Waals surface area contributed by atoms with Crippen molar-refractivity contribution in [2.24, 2.45) is 0 Å². The van der Waals surface area contributed by atoms with Crippen molar-refractivity contribution < 1.29 is 17.9 Å². The lowest BCUT2D eigenvalue weighted by molar-refractivity contribution is 0.0601. The largest absolute Gasteiger partial charge is 0.465 e. The first-order chi connectivity index (χ1) is 12.2. The van der Waals surface area contributed by atoms with Crippen molar-refractivity contribution in [2.75, 3.05) is 11.8 Å². The van der Waals surface area contributed by atoms with Crippen LogP contribution in [0.5, 0.6) is 0 Å². The molecule has 3 aromatic rings. The van der Waals surface area contributed by atoms with Crippen LogP contribution in [0.4, 0.5) is 5.69 Å². The van der Waals surface area contributed by atoms with Gasteiger partial charge in [-0.1, -0.05) is 13.8 Å². The van der Waals surface area contributed by atoms with Crippen LogP contribution in [-0.2, 0) is 14.8 Å². The lowest BCUT2D eigenvalue weighted by Crippen LogP contribution is -2.17. The number of carbonyl (C=O) groups is 1. The zero-order chi connectivity index (χ0) is 19.1. The molecule has 138 valence electrons. The van der Waals surface area contributed by atoms with Gasteiger partial charge in [0.15, 0.2) is 9.99 Å². The van der Waals surface area contributed by atoms with E-state index in [0.29, 0.717) is 21.9 Å². The third kappa shape index (κ3) is 3.32. The van der Waals surface area contributed by atoms with Gasteiger partial charge in [0.05, 0.1) is 18.4 Å². The number of esters is 1. The summed E-state index contributed by atoms with van der Waals surface area (Å²) in [6.07, 6.45) is 1.77. The zero-order valence-corrected chi connectivity index (χ0v) is 16.4. The predicted octanol–water partition coefficient (Wildman–Crippen LogP) is 3.42. The van der Waals surface area contributed by atoms with Gasteiger partial charge in [-0.3, -0.25) is 9.12 Å². The van der Waals surface area contributed by atoms with E-state index in [1.165, 1.54) is 42.7 Å². The molecule has 0 aliphatic heterocycles. The second kappa shape index (κ2) is 6.73. The van der Waals surface area contributed by atoms with E-state index in [1.54, 1.807) is 10.6 Å². The Bertz CT molecular complexity index is 1060. The minimum absolute atomic E-state index is 0.0457. The average Bonchev–Trinajstić information content (AvgIpc) is 3.10. The van der Waals surface area contributed by atoms with E-state index >= 15 is 0 Å². The van der Waals surface area contributed by atoms with E-state index in [0.717, 1.165) is 4.88 Å². The Morgan fingerprint density at radius 3 is 2.50 bits per heavy atom. The smallest absolute Gasteiger partial charge is 0.337 e. The van der Waals surface area contributed by atoms with Crippen LogP contribution in [0.2, 0.25) is 0 Å². The summed E-state index contributed by atoms with van der Waals surface area (Å²) in [5.41, 5.74) is 1.22. The van der Waals surface area contributed by atoms with Crippen LogP contribution in [0.15, 0.2) is 35.5 Å². The fraction of sp³-hybridized carbons (Fsp3) is 0.294. The molecule has 0 saturated heterocycles. The van der Waals surface area contributed by atoms with Crippen molar-refractivity contribution >= 4 is 38.0 Å². The second-order valence-corrected chi connectivity index (χ2v) is 8.94. The maximum Gasteiger partial charge on any atom is 0.337 e. The number of imidazole rings is 1. The molecule has 0 bridgehead atoms. The summed E-state index contributed by atoms with van der Waals surface area (Å²) < 4.78 is 34.9. The molecule has 0 aliphatic carbocycles. The van der Waals surface area contributed by atoms with Gasteiger partial charge < -0.3 is 4.74 Å². The summed E-state index contributed by atoms with van der Waals surface area (Å²) in [5, 5.41) is 0.142. The van der Waals surface area contributed by atoms with E-state index < -0.39 is 16.0 Å². The monoisotopic (exact) mass is 393 g/mol. The number of thiazole rings is 1. The number of aryl methyl sites for hydroxylation is 1. The van der Waals surface area contributed by atoms with Crippen molar-refractivity contribution in [3.05, 3.63) is 46.6 Å². The van der Waals surface area contributed by atoms with Gasteiger partial charge in [-0.25, -0.2) is 9.78 Å². The van der Waals surface area contributed by atoms with Crippen LogP contribution in [0.25, 0.3) is 4.96 Å². The summed E-state index contributed by atoms with van der Waals surface area (Å²) in [6.45, 7) is 5.72. The molecule has 0 unspecified atom stereocenters. The maximum absolute atomic E-state index is 13.0. The van der Waals surface area contributed by atoms with Gasteiger partial charge in [0.25, 0.3) is 10.0 Å². The first-order valence-electron chi connectivity index (χ1n) is 7.92. The number of nitrogens with zero attached hydrogens (tertiary/aromatic N) is 2. The summed E-state index contributed by atoms with van der Waals surface area (Å²) in [6, 6.07) is 6.06. The van der Waals surface area contributed by atoms with Crippen molar-refractivity contribution in [1.82, 2.24) is 9.38 Å². The number of sulfonamides is 1. The van der Waals surface area contributed by atoms with Crippen LogP contribution in [0.3, 0.4) is 0 Å². The molecule has 0 fully saturated rings. The van der Waals surface area contributed by atoms with E-state index in [1.807, 2.05) is 20.8 Å². The molecule has 0 spiro atoms. The molecule has 2 aromatic heterocycles. The molecule has 0 saturated carbocycles. The number of hydrogen-bond acceptors (Lipinski definition) is 6. The van der Waals surface area contributed by atoms with E-state index in [-0.39, 0.29) is 10.9 Å². The average molecular weight is 393 g/mol. The van der Waals surface area contributed by atoms with Gasteiger partial charge in [-0.05, 0) is 37.1 Å². The minimum atomic E-state index is -3.86.